The fourth-order valence-electron chi connectivity index (χ4n) is 2.55. The van der Waals surface area contributed by atoms with Crippen LogP contribution in [0.25, 0.3) is 0 Å². The Morgan fingerprint density at radius 1 is 1.07 bits per heavy atom. The number of unbranched alkanes of at least 4 members (excludes halogenated alkanes) is 1. The third kappa shape index (κ3) is 7.06. The van der Waals surface area contributed by atoms with Crippen molar-refractivity contribution in [2.24, 2.45) is 5.10 Å². The minimum absolute atomic E-state index is 0.0579. The maximum atomic E-state index is 12.0. The molecule has 0 unspecified atom stereocenters. The molecular formula is C23H30N2O3. The highest BCUT2D eigenvalue weighted by molar-refractivity contribution is 5.83. The fraction of sp³-hybridized carbons (Fsp3) is 0.391. The number of hydrogen-bond acceptors (Lipinski definition) is 4. The van der Waals surface area contributed by atoms with E-state index in [9.17, 15) is 4.79 Å². The first-order valence-electron chi connectivity index (χ1n) is 9.67. The third-order valence-electron chi connectivity index (χ3n) is 4.10. The first-order valence-corrected chi connectivity index (χ1v) is 9.67. The Bertz CT molecular complexity index is 777. The van der Waals surface area contributed by atoms with Gasteiger partial charge in [0.1, 0.15) is 11.5 Å². The van der Waals surface area contributed by atoms with E-state index in [4.69, 9.17) is 9.47 Å². The number of hydrazone groups is 1. The van der Waals surface area contributed by atoms with Gasteiger partial charge in [-0.25, -0.2) is 5.43 Å². The van der Waals surface area contributed by atoms with Crippen molar-refractivity contribution >= 4 is 12.1 Å². The van der Waals surface area contributed by atoms with Crippen LogP contribution >= 0.6 is 0 Å². The summed E-state index contributed by atoms with van der Waals surface area (Å²) in [5, 5.41) is 3.98. The molecular weight excluding hydrogens is 352 g/mol. The van der Waals surface area contributed by atoms with Crippen molar-refractivity contribution in [1.29, 1.82) is 0 Å². The fourth-order valence-corrected chi connectivity index (χ4v) is 2.55. The van der Waals surface area contributed by atoms with Crippen LogP contribution in [0, 0.1) is 0 Å². The Balaban J connectivity index is 1.81. The molecule has 0 aliphatic carbocycles. The molecule has 0 radical (unpaired) electrons. The van der Waals surface area contributed by atoms with Crippen LogP contribution in [0.15, 0.2) is 53.6 Å². The SMILES string of the molecule is CCCCOc1ccc(/C=N/NC(=O)COc2ccccc2C(C)(C)C)cc1. The Hall–Kier alpha value is -2.82. The smallest absolute Gasteiger partial charge is 0.277 e. The summed E-state index contributed by atoms with van der Waals surface area (Å²) in [5.41, 5.74) is 4.37. The van der Waals surface area contributed by atoms with Gasteiger partial charge in [0, 0.05) is 0 Å². The van der Waals surface area contributed by atoms with Gasteiger partial charge in [0.05, 0.1) is 12.8 Å². The molecule has 28 heavy (non-hydrogen) atoms. The average Bonchev–Trinajstić information content (AvgIpc) is 2.67. The number of benzene rings is 2. The number of carbonyl (C=O) groups is 1. The number of amides is 1. The molecule has 5 nitrogen and oxygen atoms in total. The topological polar surface area (TPSA) is 59.9 Å². The van der Waals surface area contributed by atoms with Crippen LogP contribution < -0.4 is 14.9 Å². The Kier molecular flexibility index (Phi) is 8.05. The Morgan fingerprint density at radius 3 is 2.46 bits per heavy atom. The lowest BCUT2D eigenvalue weighted by Gasteiger charge is -2.22. The van der Waals surface area contributed by atoms with Crippen molar-refractivity contribution in [1.82, 2.24) is 5.43 Å². The molecule has 0 aliphatic rings. The molecule has 0 aromatic heterocycles. The van der Waals surface area contributed by atoms with E-state index in [0.717, 1.165) is 36.3 Å². The highest BCUT2D eigenvalue weighted by Crippen LogP contribution is 2.30. The van der Waals surface area contributed by atoms with Crippen LogP contribution in [-0.2, 0) is 10.2 Å². The summed E-state index contributed by atoms with van der Waals surface area (Å²) < 4.78 is 11.3. The normalized spacial score (nSPS) is 11.4. The van der Waals surface area contributed by atoms with Crippen LogP contribution in [0.5, 0.6) is 11.5 Å². The lowest BCUT2D eigenvalue weighted by Crippen LogP contribution is -2.25. The number of carbonyl (C=O) groups excluding carboxylic acids is 1. The van der Waals surface area contributed by atoms with Gasteiger partial charge in [-0.05, 0) is 53.3 Å². The van der Waals surface area contributed by atoms with Gasteiger partial charge >= 0.3 is 0 Å². The van der Waals surface area contributed by atoms with Crippen molar-refractivity contribution in [2.75, 3.05) is 13.2 Å². The van der Waals surface area contributed by atoms with Gasteiger partial charge in [0.15, 0.2) is 6.61 Å². The minimum Gasteiger partial charge on any atom is -0.494 e. The average molecular weight is 383 g/mol. The minimum atomic E-state index is -0.306. The molecule has 1 N–H and O–H groups in total. The summed E-state index contributed by atoms with van der Waals surface area (Å²) in [6.45, 7) is 9.09. The number of hydrogen-bond donors (Lipinski definition) is 1. The zero-order valence-electron chi connectivity index (χ0n) is 17.2. The number of rotatable bonds is 9. The lowest BCUT2D eigenvalue weighted by molar-refractivity contribution is -0.123. The summed E-state index contributed by atoms with van der Waals surface area (Å²) in [7, 11) is 0. The standard InChI is InChI=1S/C23H30N2O3/c1-5-6-15-27-19-13-11-18(12-14-19)16-24-25-22(26)17-28-21-10-8-7-9-20(21)23(2,3)4/h7-14,16H,5-6,15,17H2,1-4H3,(H,25,26)/b24-16+. The van der Waals surface area contributed by atoms with E-state index in [1.54, 1.807) is 6.21 Å². The van der Waals surface area contributed by atoms with E-state index in [1.165, 1.54) is 0 Å². The molecule has 2 rings (SSSR count). The Labute approximate surface area is 167 Å². The molecule has 0 heterocycles. The van der Waals surface area contributed by atoms with E-state index in [-0.39, 0.29) is 17.9 Å². The van der Waals surface area contributed by atoms with Crippen molar-refractivity contribution in [2.45, 2.75) is 46.0 Å². The number of nitrogens with zero attached hydrogens (tertiary/aromatic N) is 1. The maximum Gasteiger partial charge on any atom is 0.277 e. The van der Waals surface area contributed by atoms with E-state index >= 15 is 0 Å². The van der Waals surface area contributed by atoms with E-state index in [2.05, 4.69) is 38.2 Å². The molecule has 0 bridgehead atoms. The molecule has 0 saturated carbocycles. The highest BCUT2D eigenvalue weighted by atomic mass is 16.5. The van der Waals surface area contributed by atoms with Crippen LogP contribution in [-0.4, -0.2) is 25.3 Å². The van der Waals surface area contributed by atoms with Crippen molar-refractivity contribution in [3.8, 4) is 11.5 Å². The molecule has 2 aromatic rings. The molecule has 1 amide bonds. The summed E-state index contributed by atoms with van der Waals surface area (Å²) in [4.78, 5) is 12.0. The molecule has 0 fully saturated rings. The van der Waals surface area contributed by atoms with Crippen molar-refractivity contribution < 1.29 is 14.3 Å². The van der Waals surface area contributed by atoms with Gasteiger partial charge in [0.25, 0.3) is 5.91 Å². The quantitative estimate of drug-likeness (QED) is 0.389. The maximum absolute atomic E-state index is 12.0. The first-order chi connectivity index (χ1) is 13.4. The molecule has 0 saturated heterocycles. The van der Waals surface area contributed by atoms with Gasteiger partial charge < -0.3 is 9.47 Å². The van der Waals surface area contributed by atoms with Crippen LogP contribution in [0.2, 0.25) is 0 Å². The van der Waals surface area contributed by atoms with Crippen molar-refractivity contribution in [3.63, 3.8) is 0 Å². The second kappa shape index (κ2) is 10.5. The highest BCUT2D eigenvalue weighted by Gasteiger charge is 2.18. The summed E-state index contributed by atoms with van der Waals surface area (Å²) in [6, 6.07) is 15.3. The van der Waals surface area contributed by atoms with Gasteiger partial charge in [-0.1, -0.05) is 52.3 Å². The molecule has 150 valence electrons. The number of ether oxygens (including phenoxy) is 2. The van der Waals surface area contributed by atoms with Crippen LogP contribution in [0.4, 0.5) is 0 Å². The molecule has 5 heteroatoms. The van der Waals surface area contributed by atoms with Crippen LogP contribution in [0.1, 0.15) is 51.7 Å². The van der Waals surface area contributed by atoms with Gasteiger partial charge in [-0.15, -0.1) is 0 Å². The summed E-state index contributed by atoms with van der Waals surface area (Å²) >= 11 is 0. The number of para-hydroxylation sites is 1. The summed E-state index contributed by atoms with van der Waals surface area (Å²) in [6.07, 6.45) is 3.74. The Morgan fingerprint density at radius 2 is 1.79 bits per heavy atom. The van der Waals surface area contributed by atoms with Gasteiger partial charge in [-0.3, -0.25) is 4.79 Å². The van der Waals surface area contributed by atoms with Crippen LogP contribution in [0.3, 0.4) is 0 Å². The molecule has 0 spiro atoms. The predicted molar refractivity (Wildman–Crippen MR) is 113 cm³/mol. The predicted octanol–water partition coefficient (Wildman–Crippen LogP) is 4.69. The van der Waals surface area contributed by atoms with Crippen molar-refractivity contribution in [3.05, 3.63) is 59.7 Å². The second-order valence-corrected chi connectivity index (χ2v) is 7.60. The molecule has 2 aromatic carbocycles. The monoisotopic (exact) mass is 382 g/mol. The molecule has 0 atom stereocenters. The molecule has 0 aliphatic heterocycles. The lowest BCUT2D eigenvalue weighted by atomic mass is 9.86. The van der Waals surface area contributed by atoms with E-state index in [0.29, 0.717) is 5.75 Å². The van der Waals surface area contributed by atoms with Gasteiger partial charge in [-0.2, -0.15) is 5.10 Å². The first kappa shape index (κ1) is 21.5. The zero-order chi connectivity index (χ0) is 20.4. The number of nitrogens with one attached hydrogen (secondary N) is 1. The third-order valence-corrected chi connectivity index (χ3v) is 4.10. The second-order valence-electron chi connectivity index (χ2n) is 7.60. The summed E-state index contributed by atoms with van der Waals surface area (Å²) in [5.74, 6) is 1.24. The van der Waals surface area contributed by atoms with E-state index < -0.39 is 0 Å². The van der Waals surface area contributed by atoms with E-state index in [1.807, 2.05) is 48.5 Å². The zero-order valence-corrected chi connectivity index (χ0v) is 17.2. The largest absolute Gasteiger partial charge is 0.494 e. The van der Waals surface area contributed by atoms with Gasteiger partial charge in [0.2, 0.25) is 0 Å².